The molecule has 0 spiro atoms. The summed E-state index contributed by atoms with van der Waals surface area (Å²) in [5.74, 6) is -120. The number of ether oxygens (including phenoxy) is 3. The summed E-state index contributed by atoms with van der Waals surface area (Å²) in [5, 5.41) is 39.1. The molecule has 90 heavy (non-hydrogen) atoms. The lowest BCUT2D eigenvalue weighted by molar-refractivity contribution is -0.461. The maximum absolute atomic E-state index is 14.2. The summed E-state index contributed by atoms with van der Waals surface area (Å²) in [7, 11) is 0. The van der Waals surface area contributed by atoms with E-state index in [0.717, 1.165) is 24.0 Å². The van der Waals surface area contributed by atoms with Crippen molar-refractivity contribution in [1.29, 1.82) is 0 Å². The van der Waals surface area contributed by atoms with Crippen LogP contribution >= 0.6 is 0 Å². The van der Waals surface area contributed by atoms with Gasteiger partial charge in [0.05, 0.1) is 51.2 Å². The SMILES string of the molecule is Cc1cn(C2C[C@@H](O)C(CO)O2)c(=O)nc1OCCC(F)(F)C(F)(F)C(F)(F)C(F)(F)C(F)(F)C(F)(F)C(F)(F)C(F)(F)F.O=C(CC(F)(F)C(F)(F)C(F)(F)C(F)(F)C(F)(F)C(F)(F)C(F)(F)C(F)(F)F)Nc1ncnc2c1ncn2C1C[C@@H](O)C(CO)O1. The fourth-order valence-corrected chi connectivity index (χ4v) is 7.47. The van der Waals surface area contributed by atoms with Crippen molar-refractivity contribution < 1.29 is 189 Å². The average Bonchev–Trinajstić information content (AvgIpc) is 1.09. The van der Waals surface area contributed by atoms with Crippen LogP contribution in [-0.2, 0) is 14.3 Å². The zero-order valence-electron chi connectivity index (χ0n) is 42.5. The average molecular weight is 1400 g/mol. The van der Waals surface area contributed by atoms with Gasteiger partial charge in [0.2, 0.25) is 11.8 Å². The summed E-state index contributed by atoms with van der Waals surface area (Å²) in [6.45, 7) is -2.33. The third-order valence-corrected chi connectivity index (χ3v) is 12.7. The van der Waals surface area contributed by atoms with Crippen molar-refractivity contribution in [3.63, 3.8) is 0 Å². The number of nitrogens with zero attached hydrogens (tertiary/aromatic N) is 6. The molecule has 2 saturated heterocycles. The molecule has 50 heteroatoms. The van der Waals surface area contributed by atoms with Crippen molar-refractivity contribution in [2.24, 2.45) is 0 Å². The number of aryl methyl sites for hydroxylation is 1. The van der Waals surface area contributed by atoms with Gasteiger partial charge in [0, 0.05) is 24.6 Å². The molecule has 16 nitrogen and oxygen atoms in total. The Labute approximate surface area is 471 Å². The van der Waals surface area contributed by atoms with Crippen molar-refractivity contribution in [3.8, 4) is 5.88 Å². The van der Waals surface area contributed by atoms with E-state index in [2.05, 4.69) is 24.7 Å². The molecule has 0 saturated carbocycles. The van der Waals surface area contributed by atoms with Crippen LogP contribution in [0, 0.1) is 6.92 Å². The highest BCUT2D eigenvalue weighted by Gasteiger charge is 2.97. The van der Waals surface area contributed by atoms with Crippen molar-refractivity contribution in [2.45, 2.75) is 165 Å². The number of anilines is 1. The molecule has 0 bridgehead atoms. The molecule has 3 aromatic rings. The zero-order chi connectivity index (χ0) is 70.4. The summed E-state index contributed by atoms with van der Waals surface area (Å²) >= 11 is 0. The Kier molecular flexibility index (Phi) is 20.3. The summed E-state index contributed by atoms with van der Waals surface area (Å²) in [4.78, 5) is 38.1. The molecule has 5 heterocycles. The molecule has 2 fully saturated rings. The van der Waals surface area contributed by atoms with Gasteiger partial charge in [0.1, 0.15) is 31.0 Å². The number of nitrogens with one attached hydrogen (secondary N) is 1. The summed E-state index contributed by atoms with van der Waals surface area (Å²) in [6.07, 6.45) is -27.3. The van der Waals surface area contributed by atoms with E-state index in [1.807, 2.05) is 0 Å². The first-order valence-electron chi connectivity index (χ1n) is 23.0. The standard InChI is InChI=1S/C20H14F17N5O4.C20H17F17N2O5/c21-13(22,14(23,24)15(25,26)16(27,28)17(29,30)18(31,32)19(33,34)20(35,36)37)2-8(45)41-11-10-12(39-4-38-11)42(5-40-10)9-1-6(44)7(3-43)46-9;1-7-5-39(10-4-8(41)9(6-40)44-10)12(42)38-11(7)43-3-2-13(21,22)14(23,24)15(25,26)16(27,28)17(29,30)18(31,32)19(33,34)20(35,36)37/h4-7,9,43-44H,1-3H2,(H,38,39,41,45);5,8-10,40-41H,2-4,6H2,1H3/t6-,7?,9?;8-,9?,10?/m11/s1. The predicted octanol–water partition coefficient (Wildman–Crippen LogP) is 9.78. The van der Waals surface area contributed by atoms with Gasteiger partial charge in [0.15, 0.2) is 17.0 Å². The van der Waals surface area contributed by atoms with Gasteiger partial charge in [0.25, 0.3) is 0 Å². The number of imidazole rings is 1. The first-order valence-corrected chi connectivity index (χ1v) is 23.0. The van der Waals surface area contributed by atoms with E-state index in [1.165, 1.54) is 5.32 Å². The van der Waals surface area contributed by atoms with Crippen LogP contribution in [-0.4, -0.2) is 195 Å². The highest BCUT2D eigenvalue weighted by atomic mass is 19.4. The molecule has 5 rings (SSSR count). The van der Waals surface area contributed by atoms with Gasteiger partial charge in [-0.2, -0.15) is 154 Å². The lowest BCUT2D eigenvalue weighted by Gasteiger charge is -2.42. The molecule has 3 aromatic heterocycles. The monoisotopic (exact) mass is 1400 g/mol. The van der Waals surface area contributed by atoms with E-state index in [1.54, 1.807) is 0 Å². The molecule has 2 aliphatic heterocycles. The number of aliphatic hydroxyl groups is 4. The maximum atomic E-state index is 14.2. The van der Waals surface area contributed by atoms with Gasteiger partial charge >= 0.3 is 101 Å². The van der Waals surface area contributed by atoms with Crippen LogP contribution in [0.4, 0.5) is 155 Å². The van der Waals surface area contributed by atoms with Crippen molar-refractivity contribution in [3.05, 3.63) is 34.9 Å². The molecule has 518 valence electrons. The first-order chi connectivity index (χ1) is 40.0. The van der Waals surface area contributed by atoms with E-state index < -0.39 is 194 Å². The van der Waals surface area contributed by atoms with Crippen molar-refractivity contribution in [1.82, 2.24) is 29.1 Å². The van der Waals surface area contributed by atoms with Crippen LogP contribution in [0.2, 0.25) is 0 Å². The number of hydrogen-bond donors (Lipinski definition) is 5. The van der Waals surface area contributed by atoms with Gasteiger partial charge in [-0.05, 0) is 6.92 Å². The van der Waals surface area contributed by atoms with Crippen LogP contribution in [0.3, 0.4) is 0 Å². The first kappa shape index (κ1) is 76.5. The molecule has 5 N–H and O–H groups in total. The minimum Gasteiger partial charge on any atom is -0.477 e. The fourth-order valence-electron chi connectivity index (χ4n) is 7.47. The second-order valence-corrected chi connectivity index (χ2v) is 18.8. The molecular formula is C40H31F34N7O9. The van der Waals surface area contributed by atoms with Crippen LogP contribution in [0.1, 0.15) is 43.7 Å². The van der Waals surface area contributed by atoms with Crippen molar-refractivity contribution in [2.75, 3.05) is 25.1 Å². The van der Waals surface area contributed by atoms with Crippen LogP contribution in [0.5, 0.6) is 5.88 Å². The Hall–Kier alpha value is -5.92. The number of carbonyl (C=O) groups is 1. The van der Waals surface area contributed by atoms with E-state index in [9.17, 15) is 169 Å². The van der Waals surface area contributed by atoms with Gasteiger partial charge in [-0.1, -0.05) is 0 Å². The molecule has 0 aromatic carbocycles. The van der Waals surface area contributed by atoms with Gasteiger partial charge in [-0.15, -0.1) is 0 Å². The van der Waals surface area contributed by atoms with Crippen LogP contribution in [0.15, 0.2) is 23.6 Å². The number of halogens is 34. The normalized spacial score (nSPS) is 21.4. The molecule has 0 aliphatic carbocycles. The summed E-state index contributed by atoms with van der Waals surface area (Å²) in [6, 6.07) is 0. The molecule has 2 aliphatic rings. The third-order valence-electron chi connectivity index (χ3n) is 12.7. The Balaban J connectivity index is 0.000000385. The number of hydrogen-bond acceptors (Lipinski definition) is 13. The Bertz CT molecular complexity index is 3100. The fraction of sp³-hybridized carbons (Fsp3) is 0.750. The second kappa shape index (κ2) is 23.9. The number of rotatable bonds is 23. The highest BCUT2D eigenvalue weighted by Crippen LogP contribution is 2.66. The summed E-state index contributed by atoms with van der Waals surface area (Å²) < 4.78 is 472. The van der Waals surface area contributed by atoms with E-state index in [0.29, 0.717) is 10.9 Å². The van der Waals surface area contributed by atoms with E-state index >= 15 is 0 Å². The summed E-state index contributed by atoms with van der Waals surface area (Å²) in [5.41, 5.74) is -2.62. The van der Waals surface area contributed by atoms with Gasteiger partial charge in [-0.25, -0.2) is 19.7 Å². The number of aliphatic hydroxyl groups excluding tert-OH is 4. The number of fused-ring (bicyclic) bond motifs is 1. The predicted molar refractivity (Wildman–Crippen MR) is 217 cm³/mol. The quantitative estimate of drug-likeness (QED) is 0.0560. The van der Waals surface area contributed by atoms with Gasteiger partial charge < -0.3 is 40.0 Å². The van der Waals surface area contributed by atoms with Crippen LogP contribution < -0.4 is 15.7 Å². The lowest BCUT2D eigenvalue weighted by atomic mass is 9.88. The molecule has 6 atom stereocenters. The van der Waals surface area contributed by atoms with Gasteiger partial charge in [-0.3, -0.25) is 13.9 Å². The highest BCUT2D eigenvalue weighted by molar-refractivity contribution is 5.97. The number of aromatic nitrogens is 6. The Morgan fingerprint density at radius 1 is 0.544 bits per heavy atom. The van der Waals surface area contributed by atoms with Crippen molar-refractivity contribution >= 4 is 22.9 Å². The zero-order valence-corrected chi connectivity index (χ0v) is 42.5. The molecular weight excluding hydrogens is 1370 g/mol. The Morgan fingerprint density at radius 3 is 1.29 bits per heavy atom. The number of amides is 1. The molecule has 4 unspecified atom stereocenters. The van der Waals surface area contributed by atoms with E-state index in [4.69, 9.17) is 19.7 Å². The second-order valence-electron chi connectivity index (χ2n) is 18.8. The topological polar surface area (TPSA) is 216 Å². The minimum atomic E-state index is -8.79. The van der Waals surface area contributed by atoms with Crippen LogP contribution in [0.25, 0.3) is 11.2 Å². The lowest BCUT2D eigenvalue weighted by Crippen LogP contribution is -2.74. The third kappa shape index (κ3) is 12.1. The minimum absolute atomic E-state index is 0.207. The Morgan fingerprint density at radius 2 is 0.911 bits per heavy atom. The number of carbonyl (C=O) groups excluding carboxylic acids is 1. The maximum Gasteiger partial charge on any atom is 0.460 e. The molecule has 1 amide bonds. The molecule has 0 radical (unpaired) electrons. The smallest absolute Gasteiger partial charge is 0.460 e. The number of alkyl halides is 34. The van der Waals surface area contributed by atoms with E-state index in [-0.39, 0.29) is 24.1 Å². The largest absolute Gasteiger partial charge is 0.477 e.